The van der Waals surface area contributed by atoms with Crippen molar-refractivity contribution in [2.24, 2.45) is 4.99 Å². The van der Waals surface area contributed by atoms with Crippen LogP contribution in [0.3, 0.4) is 0 Å². The quantitative estimate of drug-likeness (QED) is 0.167. The molecule has 0 fully saturated rings. The van der Waals surface area contributed by atoms with E-state index in [-0.39, 0.29) is 0 Å². The number of benzene rings is 8. The van der Waals surface area contributed by atoms with Crippen LogP contribution < -0.4 is 0 Å². The van der Waals surface area contributed by atoms with Crippen LogP contribution in [0, 0.1) is 5.41 Å². The first-order valence-corrected chi connectivity index (χ1v) is 17.4. The second-order valence-electron chi connectivity index (χ2n) is 13.1. The van der Waals surface area contributed by atoms with Crippen LogP contribution in [0.15, 0.2) is 187 Å². The van der Waals surface area contributed by atoms with Crippen LogP contribution in [0.1, 0.15) is 27.8 Å². The second kappa shape index (κ2) is 13.0. The third kappa shape index (κ3) is 5.67. The molecule has 1 aliphatic rings. The molecular weight excluding hydrogens is 617 g/mol. The lowest BCUT2D eigenvalue weighted by molar-refractivity contribution is 1.28. The Kier molecular flexibility index (Phi) is 7.75. The summed E-state index contributed by atoms with van der Waals surface area (Å²) in [6, 6.07) is 61.9. The van der Waals surface area contributed by atoms with Crippen molar-refractivity contribution in [2.45, 2.75) is 6.42 Å². The number of hydrogen-bond donors (Lipinski definition) is 1. The fourth-order valence-electron chi connectivity index (χ4n) is 7.55. The van der Waals surface area contributed by atoms with Crippen molar-refractivity contribution in [3.8, 4) is 33.4 Å². The third-order valence-corrected chi connectivity index (χ3v) is 10.1. The van der Waals surface area contributed by atoms with E-state index in [0.29, 0.717) is 5.71 Å². The van der Waals surface area contributed by atoms with Crippen molar-refractivity contribution in [3.63, 3.8) is 0 Å². The van der Waals surface area contributed by atoms with E-state index in [1.54, 1.807) is 0 Å². The van der Waals surface area contributed by atoms with Crippen LogP contribution in [0.25, 0.3) is 60.6 Å². The van der Waals surface area contributed by atoms with Gasteiger partial charge in [0.15, 0.2) is 0 Å². The molecule has 0 saturated carbocycles. The Morgan fingerprint density at radius 3 is 1.80 bits per heavy atom. The van der Waals surface area contributed by atoms with Gasteiger partial charge in [0.1, 0.15) is 0 Å². The molecule has 2 nitrogen and oxygen atoms in total. The lowest BCUT2D eigenvalue weighted by Crippen LogP contribution is -1.96. The molecule has 0 unspecified atom stereocenters. The van der Waals surface area contributed by atoms with Gasteiger partial charge in [0.25, 0.3) is 0 Å². The number of rotatable bonds is 7. The minimum atomic E-state index is 0.425. The maximum atomic E-state index is 8.76. The van der Waals surface area contributed by atoms with Crippen LogP contribution in [0.4, 0.5) is 0 Å². The van der Waals surface area contributed by atoms with Gasteiger partial charge < -0.3 is 5.41 Å². The zero-order valence-corrected chi connectivity index (χ0v) is 28.1. The highest BCUT2D eigenvalue weighted by molar-refractivity contribution is 6.12. The summed E-state index contributed by atoms with van der Waals surface area (Å²) in [6.45, 7) is 0. The standard InChI is InChI=1S/C49H34N2/c50-48(36-13-3-1-4-14-36)31-49(37-15-5-2-6-16-37)51-32-38-27-28-42(43-19-10-9-18-41(38)43)35-24-22-34(23-25-35)40-20-11-21-44-45-29-26-33-12-7-8-17-39(33)47(45)30-46(40)44/h1-29,31-32,50H,30H2/b49-31-,50-48?,51-32?. The van der Waals surface area contributed by atoms with Gasteiger partial charge >= 0.3 is 0 Å². The predicted molar refractivity (Wildman–Crippen MR) is 216 cm³/mol. The molecule has 2 heteroatoms. The molecule has 0 saturated heterocycles. The SMILES string of the molecule is N=C(/C=C(\N=Cc1ccc(-c2ccc(-c3cccc4c3Cc3c-4ccc4ccccc34)cc2)c2ccccc12)c1ccccc1)c1ccccc1. The van der Waals surface area contributed by atoms with E-state index in [1.165, 1.54) is 60.7 Å². The van der Waals surface area contributed by atoms with Crippen LogP contribution in [0.5, 0.6) is 0 Å². The molecule has 240 valence electrons. The lowest BCUT2D eigenvalue weighted by Gasteiger charge is -2.12. The first kappa shape index (κ1) is 30.4. The Hall–Kier alpha value is -6.64. The van der Waals surface area contributed by atoms with Crippen molar-refractivity contribution < 1.29 is 0 Å². The molecule has 0 amide bonds. The number of hydrogen-bond acceptors (Lipinski definition) is 2. The largest absolute Gasteiger partial charge is 0.300 e. The van der Waals surface area contributed by atoms with Gasteiger partial charge in [-0.05, 0) is 84.1 Å². The van der Waals surface area contributed by atoms with Gasteiger partial charge in [-0.1, -0.05) is 176 Å². The van der Waals surface area contributed by atoms with Gasteiger partial charge in [0, 0.05) is 17.3 Å². The van der Waals surface area contributed by atoms with E-state index in [2.05, 4.69) is 115 Å². The molecule has 8 aromatic carbocycles. The highest BCUT2D eigenvalue weighted by Crippen LogP contribution is 2.44. The van der Waals surface area contributed by atoms with E-state index < -0.39 is 0 Å². The van der Waals surface area contributed by atoms with E-state index in [9.17, 15) is 0 Å². The number of nitrogens with one attached hydrogen (secondary N) is 1. The first-order valence-electron chi connectivity index (χ1n) is 17.4. The molecule has 0 heterocycles. The Labute approximate surface area is 298 Å². The van der Waals surface area contributed by atoms with Crippen LogP contribution in [0.2, 0.25) is 0 Å². The molecule has 51 heavy (non-hydrogen) atoms. The second-order valence-corrected chi connectivity index (χ2v) is 13.1. The smallest absolute Gasteiger partial charge is 0.0723 e. The third-order valence-electron chi connectivity index (χ3n) is 10.1. The Bertz CT molecular complexity index is 2650. The van der Waals surface area contributed by atoms with E-state index >= 15 is 0 Å². The summed E-state index contributed by atoms with van der Waals surface area (Å²) >= 11 is 0. The molecule has 0 radical (unpaired) electrons. The molecule has 0 bridgehead atoms. The number of nitrogens with zero attached hydrogens (tertiary/aromatic N) is 1. The van der Waals surface area contributed by atoms with Crippen LogP contribution in [-0.4, -0.2) is 11.9 Å². The van der Waals surface area contributed by atoms with Gasteiger partial charge in [-0.3, -0.25) is 4.99 Å². The van der Waals surface area contributed by atoms with Crippen molar-refractivity contribution >= 4 is 39.2 Å². The lowest BCUT2D eigenvalue weighted by atomic mass is 9.92. The Morgan fingerprint density at radius 2 is 1.04 bits per heavy atom. The van der Waals surface area contributed by atoms with Crippen molar-refractivity contribution in [1.29, 1.82) is 5.41 Å². The summed E-state index contributed by atoms with van der Waals surface area (Å²) in [5.74, 6) is 0. The summed E-state index contributed by atoms with van der Waals surface area (Å²) in [4.78, 5) is 4.98. The van der Waals surface area contributed by atoms with E-state index in [4.69, 9.17) is 10.4 Å². The molecule has 0 aromatic heterocycles. The van der Waals surface area contributed by atoms with Crippen molar-refractivity contribution in [1.82, 2.24) is 0 Å². The monoisotopic (exact) mass is 650 g/mol. The average Bonchev–Trinajstić information content (AvgIpc) is 3.60. The molecule has 0 spiro atoms. The van der Waals surface area contributed by atoms with Gasteiger partial charge in [0.05, 0.1) is 11.4 Å². The number of allylic oxidation sites excluding steroid dienone is 1. The highest BCUT2D eigenvalue weighted by atomic mass is 14.7. The number of fused-ring (bicyclic) bond motifs is 6. The zero-order valence-electron chi connectivity index (χ0n) is 28.1. The molecule has 1 aliphatic carbocycles. The van der Waals surface area contributed by atoms with E-state index in [0.717, 1.165) is 34.2 Å². The molecule has 0 atom stereocenters. The molecule has 9 rings (SSSR count). The van der Waals surface area contributed by atoms with Crippen LogP contribution in [-0.2, 0) is 6.42 Å². The topological polar surface area (TPSA) is 36.2 Å². The molecule has 8 aromatic rings. The maximum absolute atomic E-state index is 8.76. The van der Waals surface area contributed by atoms with Gasteiger partial charge in [-0.15, -0.1) is 0 Å². The molecular formula is C49H34N2. The summed E-state index contributed by atoms with van der Waals surface area (Å²) in [5, 5.41) is 13.7. The van der Waals surface area contributed by atoms with Crippen LogP contribution >= 0.6 is 0 Å². The zero-order chi connectivity index (χ0) is 34.1. The minimum absolute atomic E-state index is 0.425. The van der Waals surface area contributed by atoms with Crippen molar-refractivity contribution in [3.05, 3.63) is 210 Å². The Balaban J connectivity index is 1.04. The summed E-state index contributed by atoms with van der Waals surface area (Å²) < 4.78 is 0. The fourth-order valence-corrected chi connectivity index (χ4v) is 7.55. The normalized spacial score (nSPS) is 12.4. The minimum Gasteiger partial charge on any atom is -0.300 e. The fraction of sp³-hybridized carbons (Fsp3) is 0.0204. The summed E-state index contributed by atoms with van der Waals surface area (Å²) in [5.41, 5.74) is 14.5. The van der Waals surface area contributed by atoms with E-state index in [1.807, 2.05) is 73.0 Å². The average molecular weight is 651 g/mol. The Morgan fingerprint density at radius 1 is 0.451 bits per heavy atom. The van der Waals surface area contributed by atoms with Gasteiger partial charge in [0.2, 0.25) is 0 Å². The predicted octanol–water partition coefficient (Wildman–Crippen LogP) is 12.4. The van der Waals surface area contributed by atoms with Gasteiger partial charge in [-0.2, -0.15) is 0 Å². The summed E-state index contributed by atoms with van der Waals surface area (Å²) in [6.07, 6.45) is 4.73. The molecule has 0 aliphatic heterocycles. The number of aliphatic imine (C=N–C) groups is 1. The van der Waals surface area contributed by atoms with Gasteiger partial charge in [-0.25, -0.2) is 0 Å². The maximum Gasteiger partial charge on any atom is 0.0723 e. The first-order chi connectivity index (χ1) is 25.2. The van der Waals surface area contributed by atoms with Crippen molar-refractivity contribution in [2.75, 3.05) is 0 Å². The molecule has 1 N–H and O–H groups in total. The summed E-state index contributed by atoms with van der Waals surface area (Å²) in [7, 11) is 0. The highest BCUT2D eigenvalue weighted by Gasteiger charge is 2.23.